The maximum absolute atomic E-state index is 8.99. The monoisotopic (exact) mass is 175 g/mol. The zero-order valence-corrected chi connectivity index (χ0v) is 7.61. The van der Waals surface area contributed by atoms with Crippen molar-refractivity contribution in [1.82, 2.24) is 9.78 Å². The van der Waals surface area contributed by atoms with E-state index in [1.54, 1.807) is 6.20 Å². The molecule has 13 heavy (non-hydrogen) atoms. The molecule has 0 radical (unpaired) electrons. The first-order valence-electron chi connectivity index (χ1n) is 4.73. The molecular formula is C10H13N3. The molecule has 1 saturated carbocycles. The molecule has 1 heterocycles. The Hall–Kier alpha value is -1.30. The Labute approximate surface area is 78.0 Å². The van der Waals surface area contributed by atoms with E-state index in [0.29, 0.717) is 0 Å². The molecule has 0 bridgehead atoms. The molecule has 68 valence electrons. The lowest BCUT2D eigenvalue weighted by Crippen LogP contribution is -2.28. The second kappa shape index (κ2) is 3.21. The van der Waals surface area contributed by atoms with Gasteiger partial charge in [-0.25, -0.2) is 0 Å². The van der Waals surface area contributed by atoms with Crippen LogP contribution in [0.5, 0.6) is 0 Å². The highest BCUT2D eigenvalue weighted by Gasteiger charge is 2.36. The van der Waals surface area contributed by atoms with E-state index in [1.807, 2.05) is 16.9 Å². The quantitative estimate of drug-likeness (QED) is 0.704. The number of hydrogen-bond acceptors (Lipinski definition) is 2. The Balaban J connectivity index is 1.89. The molecule has 0 atom stereocenters. The minimum atomic E-state index is -0.0219. The number of nitrogens with zero attached hydrogens (tertiary/aromatic N) is 3. The maximum Gasteiger partial charge on any atom is 0.0690 e. The van der Waals surface area contributed by atoms with Crippen molar-refractivity contribution >= 4 is 0 Å². The predicted octanol–water partition coefficient (Wildman–Crippen LogP) is 1.97. The van der Waals surface area contributed by atoms with Gasteiger partial charge in [-0.1, -0.05) is 6.42 Å². The van der Waals surface area contributed by atoms with Gasteiger partial charge in [-0.3, -0.25) is 4.68 Å². The van der Waals surface area contributed by atoms with Gasteiger partial charge in [0.2, 0.25) is 0 Å². The number of hydrogen-bond donors (Lipinski definition) is 0. The van der Waals surface area contributed by atoms with Gasteiger partial charge in [0.15, 0.2) is 0 Å². The van der Waals surface area contributed by atoms with Gasteiger partial charge >= 0.3 is 0 Å². The summed E-state index contributed by atoms with van der Waals surface area (Å²) in [4.78, 5) is 0. The van der Waals surface area contributed by atoms with Crippen molar-refractivity contribution in [3.05, 3.63) is 18.5 Å². The van der Waals surface area contributed by atoms with Gasteiger partial charge in [0, 0.05) is 18.9 Å². The molecular weight excluding hydrogens is 162 g/mol. The number of aryl methyl sites for hydroxylation is 1. The van der Waals surface area contributed by atoms with Crippen LogP contribution in [0.4, 0.5) is 0 Å². The Bertz CT molecular complexity index is 303. The van der Waals surface area contributed by atoms with Crippen LogP contribution in [0.1, 0.15) is 25.7 Å². The van der Waals surface area contributed by atoms with E-state index >= 15 is 0 Å². The Kier molecular flexibility index (Phi) is 2.05. The molecule has 0 aliphatic heterocycles. The average molecular weight is 175 g/mol. The summed E-state index contributed by atoms with van der Waals surface area (Å²) >= 11 is 0. The number of rotatable bonds is 3. The molecule has 3 heteroatoms. The van der Waals surface area contributed by atoms with Crippen molar-refractivity contribution in [3.63, 3.8) is 0 Å². The highest BCUT2D eigenvalue weighted by molar-refractivity contribution is 5.04. The lowest BCUT2D eigenvalue weighted by Gasteiger charge is -2.34. The van der Waals surface area contributed by atoms with E-state index in [4.69, 9.17) is 5.26 Å². The summed E-state index contributed by atoms with van der Waals surface area (Å²) in [5, 5.41) is 13.1. The van der Waals surface area contributed by atoms with E-state index in [9.17, 15) is 0 Å². The molecule has 0 saturated heterocycles. The lowest BCUT2D eigenvalue weighted by molar-refractivity contribution is 0.185. The van der Waals surface area contributed by atoms with Crippen molar-refractivity contribution in [2.45, 2.75) is 32.2 Å². The summed E-state index contributed by atoms with van der Waals surface area (Å²) in [6.07, 6.45) is 8.04. The fourth-order valence-electron chi connectivity index (χ4n) is 1.78. The average Bonchev–Trinajstić information content (AvgIpc) is 2.56. The molecule has 1 aromatic heterocycles. The highest BCUT2D eigenvalue weighted by atomic mass is 15.3. The van der Waals surface area contributed by atoms with Crippen LogP contribution >= 0.6 is 0 Å². The van der Waals surface area contributed by atoms with E-state index in [2.05, 4.69) is 11.2 Å². The summed E-state index contributed by atoms with van der Waals surface area (Å²) in [7, 11) is 0. The van der Waals surface area contributed by atoms with Crippen LogP contribution in [0.25, 0.3) is 0 Å². The Morgan fingerprint density at radius 3 is 2.85 bits per heavy atom. The normalized spacial score (nSPS) is 19.0. The van der Waals surface area contributed by atoms with E-state index < -0.39 is 0 Å². The summed E-state index contributed by atoms with van der Waals surface area (Å²) in [5.74, 6) is 0. The second-order valence-corrected chi connectivity index (χ2v) is 3.76. The van der Waals surface area contributed by atoms with E-state index in [0.717, 1.165) is 25.8 Å². The van der Waals surface area contributed by atoms with Gasteiger partial charge < -0.3 is 0 Å². The van der Waals surface area contributed by atoms with Crippen molar-refractivity contribution in [1.29, 1.82) is 5.26 Å². The molecule has 0 N–H and O–H groups in total. The lowest BCUT2D eigenvalue weighted by atomic mass is 9.68. The largest absolute Gasteiger partial charge is 0.273 e. The van der Waals surface area contributed by atoms with Gasteiger partial charge in [-0.15, -0.1) is 0 Å². The summed E-state index contributed by atoms with van der Waals surface area (Å²) in [5.41, 5.74) is -0.0219. The van der Waals surface area contributed by atoms with Crippen LogP contribution in [0.15, 0.2) is 18.5 Å². The number of nitriles is 1. The van der Waals surface area contributed by atoms with Crippen LogP contribution in [0, 0.1) is 16.7 Å². The third kappa shape index (κ3) is 1.57. The van der Waals surface area contributed by atoms with Crippen molar-refractivity contribution in [2.24, 2.45) is 5.41 Å². The van der Waals surface area contributed by atoms with Gasteiger partial charge in [0.05, 0.1) is 11.5 Å². The first-order chi connectivity index (χ1) is 6.35. The second-order valence-electron chi connectivity index (χ2n) is 3.76. The Morgan fingerprint density at radius 1 is 1.54 bits per heavy atom. The third-order valence-corrected chi connectivity index (χ3v) is 2.93. The molecule has 3 nitrogen and oxygen atoms in total. The fourth-order valence-corrected chi connectivity index (χ4v) is 1.78. The molecule has 0 spiro atoms. The van der Waals surface area contributed by atoms with Gasteiger partial charge in [-0.05, 0) is 25.3 Å². The van der Waals surface area contributed by atoms with Gasteiger partial charge in [-0.2, -0.15) is 10.4 Å². The smallest absolute Gasteiger partial charge is 0.0690 e. The molecule has 1 aliphatic rings. The maximum atomic E-state index is 8.99. The summed E-state index contributed by atoms with van der Waals surface area (Å²) < 4.78 is 1.90. The standard InChI is InChI=1S/C10H13N3/c11-9-10(3-1-4-10)5-8-13-7-2-6-12-13/h2,6-7H,1,3-5,8H2. The SMILES string of the molecule is N#CC1(CCn2cccn2)CCC1. The fraction of sp³-hybridized carbons (Fsp3) is 0.600. The molecule has 0 amide bonds. The zero-order chi connectivity index (χ0) is 9.15. The van der Waals surface area contributed by atoms with Crippen LogP contribution in [0.2, 0.25) is 0 Å². The molecule has 2 rings (SSSR count). The minimum absolute atomic E-state index is 0.0219. The topological polar surface area (TPSA) is 41.6 Å². The van der Waals surface area contributed by atoms with Crippen molar-refractivity contribution < 1.29 is 0 Å². The molecule has 1 aliphatic carbocycles. The van der Waals surface area contributed by atoms with Gasteiger partial charge in [0.1, 0.15) is 0 Å². The predicted molar refractivity (Wildman–Crippen MR) is 48.7 cm³/mol. The van der Waals surface area contributed by atoms with Crippen LogP contribution in [-0.4, -0.2) is 9.78 Å². The molecule has 0 unspecified atom stereocenters. The first kappa shape index (κ1) is 8.31. The minimum Gasteiger partial charge on any atom is -0.273 e. The van der Waals surface area contributed by atoms with Crippen LogP contribution in [0.3, 0.4) is 0 Å². The zero-order valence-electron chi connectivity index (χ0n) is 7.61. The van der Waals surface area contributed by atoms with Gasteiger partial charge in [0.25, 0.3) is 0 Å². The highest BCUT2D eigenvalue weighted by Crippen LogP contribution is 2.43. The summed E-state index contributed by atoms with van der Waals surface area (Å²) in [6.45, 7) is 0.876. The van der Waals surface area contributed by atoms with Crippen LogP contribution < -0.4 is 0 Å². The molecule has 0 aromatic carbocycles. The third-order valence-electron chi connectivity index (χ3n) is 2.93. The summed E-state index contributed by atoms with van der Waals surface area (Å²) in [6, 6.07) is 4.35. The van der Waals surface area contributed by atoms with E-state index in [-0.39, 0.29) is 5.41 Å². The van der Waals surface area contributed by atoms with Crippen molar-refractivity contribution in [3.8, 4) is 6.07 Å². The number of aromatic nitrogens is 2. The molecule has 1 aromatic rings. The van der Waals surface area contributed by atoms with E-state index in [1.165, 1.54) is 6.42 Å². The molecule has 1 fully saturated rings. The Morgan fingerprint density at radius 2 is 2.38 bits per heavy atom. The van der Waals surface area contributed by atoms with Crippen molar-refractivity contribution in [2.75, 3.05) is 0 Å². The van der Waals surface area contributed by atoms with Crippen LogP contribution in [-0.2, 0) is 6.54 Å². The first-order valence-corrected chi connectivity index (χ1v) is 4.73.